The van der Waals surface area contributed by atoms with Gasteiger partial charge in [0.05, 0.1) is 28.8 Å². The molecule has 1 saturated heterocycles. The molecule has 1 aliphatic rings. The first kappa shape index (κ1) is 18.5. The third kappa shape index (κ3) is 3.24. The van der Waals surface area contributed by atoms with Crippen LogP contribution in [0.4, 0.5) is 22.0 Å². The average Bonchev–Trinajstić information content (AvgIpc) is 3.03. The summed E-state index contributed by atoms with van der Waals surface area (Å²) < 4.78 is 0. The van der Waals surface area contributed by atoms with E-state index < -0.39 is 6.09 Å². The van der Waals surface area contributed by atoms with E-state index in [0.717, 1.165) is 33.0 Å². The predicted molar refractivity (Wildman–Crippen MR) is 113 cm³/mol. The lowest BCUT2D eigenvalue weighted by Gasteiger charge is -2.44. The van der Waals surface area contributed by atoms with E-state index >= 15 is 0 Å². The van der Waals surface area contributed by atoms with E-state index in [9.17, 15) is 9.90 Å². The number of nitrogens with zero attached hydrogens (tertiary/aromatic N) is 4. The molecule has 8 heteroatoms. The zero-order valence-corrected chi connectivity index (χ0v) is 16.9. The van der Waals surface area contributed by atoms with Crippen LogP contribution in [0.2, 0.25) is 0 Å². The van der Waals surface area contributed by atoms with E-state index in [-0.39, 0.29) is 12.1 Å². The largest absolute Gasteiger partial charge is 0.465 e. The summed E-state index contributed by atoms with van der Waals surface area (Å²) >= 11 is 1.61. The number of fused-ring (bicyclic) bond motifs is 1. The van der Waals surface area contributed by atoms with Crippen LogP contribution in [0.15, 0.2) is 36.0 Å². The van der Waals surface area contributed by atoms with Crippen molar-refractivity contribution in [3.63, 3.8) is 0 Å². The number of aromatic nitrogens is 2. The zero-order valence-electron chi connectivity index (χ0n) is 16.1. The molecule has 0 radical (unpaired) electrons. The Morgan fingerprint density at radius 1 is 1.21 bits per heavy atom. The van der Waals surface area contributed by atoms with E-state index in [1.807, 2.05) is 32.0 Å². The summed E-state index contributed by atoms with van der Waals surface area (Å²) in [6, 6.07) is 7.93. The number of thiophene rings is 1. The molecule has 1 aromatic carbocycles. The summed E-state index contributed by atoms with van der Waals surface area (Å²) in [6.45, 7) is 7.26. The highest BCUT2D eigenvalue weighted by atomic mass is 32.1. The van der Waals surface area contributed by atoms with E-state index in [1.165, 1.54) is 4.90 Å². The molecule has 0 bridgehead atoms. The quantitative estimate of drug-likeness (QED) is 0.685. The van der Waals surface area contributed by atoms with Crippen molar-refractivity contribution >= 4 is 44.8 Å². The minimum Gasteiger partial charge on any atom is -0.465 e. The maximum atomic E-state index is 11.5. The number of aryl methyl sites for hydroxylation is 1. The summed E-state index contributed by atoms with van der Waals surface area (Å²) in [5, 5.41) is 16.1. The van der Waals surface area contributed by atoms with Crippen molar-refractivity contribution in [2.45, 2.75) is 32.9 Å². The summed E-state index contributed by atoms with van der Waals surface area (Å²) in [6.07, 6.45) is 0.723. The molecule has 1 aliphatic heterocycles. The summed E-state index contributed by atoms with van der Waals surface area (Å²) in [7, 11) is 0. The van der Waals surface area contributed by atoms with E-state index in [0.29, 0.717) is 13.1 Å². The normalized spacial score (nSPS) is 19.8. The number of benzene rings is 1. The van der Waals surface area contributed by atoms with Crippen LogP contribution in [-0.2, 0) is 0 Å². The molecule has 2 N–H and O–H groups in total. The average molecular weight is 398 g/mol. The molecule has 3 heterocycles. The second kappa shape index (κ2) is 7.27. The van der Waals surface area contributed by atoms with Crippen LogP contribution in [0.1, 0.15) is 19.4 Å². The van der Waals surface area contributed by atoms with Gasteiger partial charge in [0.2, 0.25) is 0 Å². The number of para-hydroxylation sites is 2. The number of anilines is 3. The van der Waals surface area contributed by atoms with Crippen molar-refractivity contribution in [3.8, 4) is 0 Å². The number of piperazine rings is 1. The lowest BCUT2D eigenvalue weighted by Crippen LogP contribution is -2.58. The maximum Gasteiger partial charge on any atom is 0.407 e. The summed E-state index contributed by atoms with van der Waals surface area (Å²) in [5.74, 6) is 0.793. The smallest absolute Gasteiger partial charge is 0.407 e. The summed E-state index contributed by atoms with van der Waals surface area (Å²) in [4.78, 5) is 25.1. The van der Waals surface area contributed by atoms with Crippen molar-refractivity contribution in [1.29, 1.82) is 0 Å². The Morgan fingerprint density at radius 2 is 1.93 bits per heavy atom. The monoisotopic (exact) mass is 397 g/mol. The Bertz CT molecular complexity index is 1010. The molecular weight excluding hydrogens is 374 g/mol. The van der Waals surface area contributed by atoms with Crippen molar-refractivity contribution in [2.75, 3.05) is 23.3 Å². The van der Waals surface area contributed by atoms with Gasteiger partial charge in [0.15, 0.2) is 0 Å². The molecule has 1 amide bonds. The Balaban J connectivity index is 1.66. The fourth-order valence-corrected chi connectivity index (χ4v) is 4.88. The van der Waals surface area contributed by atoms with Crippen LogP contribution in [0, 0.1) is 6.92 Å². The van der Waals surface area contributed by atoms with Gasteiger partial charge in [-0.3, -0.25) is 4.90 Å². The SMILES string of the molecule is Cc1csc2ncnc(Nc3ccccc3N3CC(C)N(C(=O)O)C(C)C3)c12. The van der Waals surface area contributed by atoms with Crippen LogP contribution >= 0.6 is 11.3 Å². The zero-order chi connectivity index (χ0) is 19.8. The highest BCUT2D eigenvalue weighted by Gasteiger charge is 2.33. The first-order valence-corrected chi connectivity index (χ1v) is 10.1. The van der Waals surface area contributed by atoms with Crippen LogP contribution in [-0.4, -0.2) is 51.2 Å². The van der Waals surface area contributed by atoms with E-state index in [2.05, 4.69) is 38.6 Å². The van der Waals surface area contributed by atoms with Gasteiger partial charge in [0, 0.05) is 13.1 Å². The molecule has 0 spiro atoms. The summed E-state index contributed by atoms with van der Waals surface area (Å²) in [5.41, 5.74) is 3.15. The Kier molecular flexibility index (Phi) is 4.80. The molecule has 2 unspecified atom stereocenters. The maximum absolute atomic E-state index is 11.5. The Labute approximate surface area is 167 Å². The molecule has 2 aromatic heterocycles. The van der Waals surface area contributed by atoms with E-state index in [4.69, 9.17) is 0 Å². The first-order valence-electron chi connectivity index (χ1n) is 9.26. The molecule has 7 nitrogen and oxygen atoms in total. The number of carboxylic acid groups (broad SMARTS) is 1. The number of carbonyl (C=O) groups is 1. The van der Waals surface area contributed by atoms with Crippen molar-refractivity contribution < 1.29 is 9.90 Å². The second-order valence-corrected chi connectivity index (χ2v) is 8.11. The van der Waals surface area contributed by atoms with Crippen LogP contribution in [0.3, 0.4) is 0 Å². The molecule has 4 rings (SSSR count). The highest BCUT2D eigenvalue weighted by Crippen LogP contribution is 2.35. The van der Waals surface area contributed by atoms with Crippen molar-refractivity contribution in [3.05, 3.63) is 41.5 Å². The van der Waals surface area contributed by atoms with Gasteiger partial charge in [0.1, 0.15) is 17.0 Å². The Hall–Kier alpha value is -2.87. The molecule has 28 heavy (non-hydrogen) atoms. The fourth-order valence-electron chi connectivity index (χ4n) is 3.99. The van der Waals surface area contributed by atoms with E-state index in [1.54, 1.807) is 17.7 Å². The van der Waals surface area contributed by atoms with Crippen LogP contribution in [0.5, 0.6) is 0 Å². The Morgan fingerprint density at radius 3 is 2.64 bits per heavy atom. The van der Waals surface area contributed by atoms with Gasteiger partial charge in [-0.15, -0.1) is 11.3 Å². The molecule has 3 aromatic rings. The minimum atomic E-state index is -0.859. The van der Waals surface area contributed by atoms with Crippen LogP contribution < -0.4 is 10.2 Å². The number of amides is 1. The third-order valence-corrected chi connectivity index (χ3v) is 6.20. The van der Waals surface area contributed by atoms with Gasteiger partial charge >= 0.3 is 6.09 Å². The first-order chi connectivity index (χ1) is 13.5. The van der Waals surface area contributed by atoms with Crippen molar-refractivity contribution in [2.24, 2.45) is 0 Å². The van der Waals surface area contributed by atoms with Gasteiger partial charge in [-0.05, 0) is 43.8 Å². The van der Waals surface area contributed by atoms with Crippen LogP contribution in [0.25, 0.3) is 10.2 Å². The lowest BCUT2D eigenvalue weighted by atomic mass is 10.1. The molecular formula is C20H23N5O2S. The number of rotatable bonds is 3. The standard InChI is InChI=1S/C20H23N5O2S/c1-12-10-28-19-17(12)18(21-11-22-19)23-15-6-4-5-7-16(15)24-8-13(2)25(20(26)27)14(3)9-24/h4-7,10-11,13-14H,8-9H2,1-3H3,(H,26,27)(H,21,22,23). The van der Waals surface area contributed by atoms with Gasteiger partial charge in [-0.2, -0.15) is 0 Å². The second-order valence-electron chi connectivity index (χ2n) is 7.26. The molecule has 1 fully saturated rings. The third-order valence-electron chi connectivity index (χ3n) is 5.19. The topological polar surface area (TPSA) is 81.6 Å². The number of hydrogen-bond acceptors (Lipinski definition) is 6. The molecule has 2 atom stereocenters. The number of nitrogens with one attached hydrogen (secondary N) is 1. The highest BCUT2D eigenvalue weighted by molar-refractivity contribution is 7.17. The fraction of sp³-hybridized carbons (Fsp3) is 0.350. The van der Waals surface area contributed by atoms with Gasteiger partial charge in [-0.25, -0.2) is 14.8 Å². The number of hydrogen-bond donors (Lipinski definition) is 2. The molecule has 146 valence electrons. The molecule has 0 aliphatic carbocycles. The predicted octanol–water partition coefficient (Wildman–Crippen LogP) is 4.32. The molecule has 0 saturated carbocycles. The van der Waals surface area contributed by atoms with Crippen molar-refractivity contribution in [1.82, 2.24) is 14.9 Å². The lowest BCUT2D eigenvalue weighted by molar-refractivity contribution is 0.0983. The minimum absolute atomic E-state index is 0.0841. The van der Waals surface area contributed by atoms with Gasteiger partial charge in [0.25, 0.3) is 0 Å². The van der Waals surface area contributed by atoms with Gasteiger partial charge in [-0.1, -0.05) is 12.1 Å². The van der Waals surface area contributed by atoms with Gasteiger partial charge < -0.3 is 15.3 Å².